The largest absolute Gasteiger partial charge is 0.381 e. The zero-order valence-electron chi connectivity index (χ0n) is 13.0. The Morgan fingerprint density at radius 1 is 1.26 bits per heavy atom. The van der Waals surface area contributed by atoms with Crippen molar-refractivity contribution >= 4 is 57.8 Å². The van der Waals surface area contributed by atoms with E-state index >= 15 is 0 Å². The lowest BCUT2D eigenvalue weighted by molar-refractivity contribution is -0.114. The second-order valence-electron chi connectivity index (χ2n) is 5.18. The predicted octanol–water partition coefficient (Wildman–Crippen LogP) is 5.75. The third-order valence-electron chi connectivity index (χ3n) is 3.58. The van der Waals surface area contributed by atoms with Crippen molar-refractivity contribution in [3.63, 3.8) is 0 Å². The van der Waals surface area contributed by atoms with Crippen molar-refractivity contribution in [3.05, 3.63) is 38.7 Å². The van der Waals surface area contributed by atoms with Gasteiger partial charge < -0.3 is 4.74 Å². The fraction of sp³-hybridized carbons (Fsp3) is 0.412. The Morgan fingerprint density at radius 3 is 2.48 bits per heavy atom. The second kappa shape index (κ2) is 8.63. The Labute approximate surface area is 156 Å². The van der Waals surface area contributed by atoms with E-state index in [1.807, 2.05) is 26.0 Å². The van der Waals surface area contributed by atoms with Crippen LogP contribution in [0.3, 0.4) is 0 Å². The number of ketones is 1. The predicted molar refractivity (Wildman–Crippen MR) is 102 cm³/mol. The van der Waals surface area contributed by atoms with Crippen LogP contribution < -0.4 is 0 Å². The van der Waals surface area contributed by atoms with Crippen LogP contribution in [0.25, 0.3) is 0 Å². The number of hydrogen-bond acceptors (Lipinski definition) is 4. The highest BCUT2D eigenvalue weighted by Crippen LogP contribution is 2.41. The minimum atomic E-state index is -0.0274. The average molecular weight is 389 g/mol. The third-order valence-corrected chi connectivity index (χ3v) is 5.67. The number of hydrogen-bond donors (Lipinski definition) is 0. The van der Waals surface area contributed by atoms with Gasteiger partial charge in [-0.05, 0) is 31.5 Å². The molecule has 1 atom stereocenters. The number of allylic oxidation sites excluding steroid dienone is 1. The number of thiocarbonyl (C=S) groups is 1. The lowest BCUT2D eigenvalue weighted by Gasteiger charge is -2.28. The molecule has 0 fully saturated rings. The summed E-state index contributed by atoms with van der Waals surface area (Å²) in [5, 5.41) is 1.15. The van der Waals surface area contributed by atoms with Crippen LogP contribution in [0.4, 0.5) is 0 Å². The summed E-state index contributed by atoms with van der Waals surface area (Å²) >= 11 is 19.1. The molecule has 0 spiro atoms. The molecule has 124 valence electrons. The van der Waals surface area contributed by atoms with Gasteiger partial charge in [0.1, 0.15) is 0 Å². The first-order valence-corrected chi connectivity index (χ1v) is 9.45. The lowest BCUT2D eigenvalue weighted by atomic mass is 9.88. The van der Waals surface area contributed by atoms with Gasteiger partial charge in [0, 0.05) is 49.2 Å². The number of ether oxygens (including phenoxy) is 1. The fourth-order valence-corrected chi connectivity index (χ4v) is 4.91. The molecular formula is C17H18Cl2O2S2. The van der Waals surface area contributed by atoms with Gasteiger partial charge >= 0.3 is 0 Å². The highest BCUT2D eigenvalue weighted by Gasteiger charge is 2.32. The molecule has 0 aromatic heterocycles. The van der Waals surface area contributed by atoms with E-state index in [1.54, 1.807) is 6.07 Å². The summed E-state index contributed by atoms with van der Waals surface area (Å²) in [6, 6.07) is 5.38. The van der Waals surface area contributed by atoms with Crippen LogP contribution in [0.5, 0.6) is 0 Å². The number of thioether (sulfide) groups is 1. The molecule has 1 aromatic rings. The van der Waals surface area contributed by atoms with E-state index in [1.165, 1.54) is 11.8 Å². The van der Waals surface area contributed by atoms with E-state index in [9.17, 15) is 4.79 Å². The lowest BCUT2D eigenvalue weighted by Crippen LogP contribution is -2.29. The highest BCUT2D eigenvalue weighted by atomic mass is 35.5. The molecule has 1 aromatic carbocycles. The van der Waals surface area contributed by atoms with Crippen molar-refractivity contribution < 1.29 is 9.53 Å². The first-order chi connectivity index (χ1) is 11.0. The van der Waals surface area contributed by atoms with Gasteiger partial charge in [-0.1, -0.05) is 54.1 Å². The van der Waals surface area contributed by atoms with E-state index in [0.717, 1.165) is 20.2 Å². The molecule has 0 heterocycles. The fourth-order valence-electron chi connectivity index (χ4n) is 2.50. The number of Topliss-reactive ketones (excluding diaryl/α,β-unsaturated/α-hetero) is 1. The van der Waals surface area contributed by atoms with Gasteiger partial charge in [0.15, 0.2) is 5.78 Å². The standard InChI is InChI=1S/C17H18Cl2O2S2/c1-3-13-15(20)8-16(22)14(9-21-4-2)17(13)23-12-6-10(18)5-11(19)7-12/h5-7,14H,3-4,8-9H2,1-2H3. The maximum atomic E-state index is 12.3. The molecule has 0 N–H and O–H groups in total. The normalized spacial score (nSPS) is 18.7. The summed E-state index contributed by atoms with van der Waals surface area (Å²) in [6.07, 6.45) is 1.01. The maximum absolute atomic E-state index is 12.3. The minimum absolute atomic E-state index is 0.0274. The molecule has 1 unspecified atom stereocenters. The van der Waals surface area contributed by atoms with Crippen LogP contribution >= 0.6 is 47.2 Å². The Hall–Kier alpha value is -0.390. The van der Waals surface area contributed by atoms with Gasteiger partial charge in [0.25, 0.3) is 0 Å². The SMILES string of the molecule is CCOCC1C(=S)CC(=O)C(CC)=C1Sc1cc(Cl)cc(Cl)c1. The molecule has 0 saturated carbocycles. The van der Waals surface area contributed by atoms with E-state index in [0.29, 0.717) is 36.1 Å². The number of rotatable bonds is 6. The molecule has 0 saturated heterocycles. The van der Waals surface area contributed by atoms with Gasteiger partial charge in [0.05, 0.1) is 6.61 Å². The molecule has 2 nitrogen and oxygen atoms in total. The minimum Gasteiger partial charge on any atom is -0.381 e. The molecule has 0 amide bonds. The van der Waals surface area contributed by atoms with Crippen LogP contribution in [-0.2, 0) is 9.53 Å². The summed E-state index contributed by atoms with van der Waals surface area (Å²) in [4.78, 5) is 15.0. The van der Waals surface area contributed by atoms with Gasteiger partial charge in [-0.15, -0.1) is 0 Å². The molecular weight excluding hydrogens is 371 g/mol. The average Bonchev–Trinajstić information content (AvgIpc) is 2.46. The van der Waals surface area contributed by atoms with Crippen LogP contribution in [0.2, 0.25) is 10.0 Å². The Bertz CT molecular complexity index is 636. The molecule has 23 heavy (non-hydrogen) atoms. The van der Waals surface area contributed by atoms with Gasteiger partial charge in [0.2, 0.25) is 0 Å². The van der Waals surface area contributed by atoms with Gasteiger partial charge in [-0.25, -0.2) is 0 Å². The topological polar surface area (TPSA) is 26.3 Å². The highest BCUT2D eigenvalue weighted by molar-refractivity contribution is 8.03. The van der Waals surface area contributed by atoms with Crippen molar-refractivity contribution in [2.24, 2.45) is 5.92 Å². The van der Waals surface area contributed by atoms with Crippen LogP contribution in [0.1, 0.15) is 26.7 Å². The second-order valence-corrected chi connectivity index (χ2v) is 7.69. The zero-order chi connectivity index (χ0) is 17.0. The molecule has 0 radical (unpaired) electrons. The summed E-state index contributed by atoms with van der Waals surface area (Å²) in [6.45, 7) is 5.06. The van der Waals surface area contributed by atoms with E-state index in [2.05, 4.69) is 0 Å². The Balaban J connectivity index is 2.41. The zero-order valence-corrected chi connectivity index (χ0v) is 16.2. The summed E-state index contributed by atoms with van der Waals surface area (Å²) in [5.41, 5.74) is 0.837. The van der Waals surface area contributed by atoms with E-state index < -0.39 is 0 Å². The molecule has 1 aliphatic rings. The molecule has 0 aliphatic heterocycles. The number of halogens is 2. The van der Waals surface area contributed by atoms with Crippen molar-refractivity contribution in [1.29, 1.82) is 0 Å². The van der Waals surface area contributed by atoms with Crippen molar-refractivity contribution in [2.75, 3.05) is 13.2 Å². The molecule has 6 heteroatoms. The van der Waals surface area contributed by atoms with Crippen LogP contribution in [-0.4, -0.2) is 23.9 Å². The first-order valence-electron chi connectivity index (χ1n) is 7.46. The van der Waals surface area contributed by atoms with Gasteiger partial charge in [-0.2, -0.15) is 0 Å². The monoisotopic (exact) mass is 388 g/mol. The molecule has 1 aliphatic carbocycles. The maximum Gasteiger partial charge on any atom is 0.164 e. The summed E-state index contributed by atoms with van der Waals surface area (Å²) in [5.74, 6) is 0.0845. The van der Waals surface area contributed by atoms with Crippen molar-refractivity contribution in [1.82, 2.24) is 0 Å². The van der Waals surface area contributed by atoms with Gasteiger partial charge in [-0.3, -0.25) is 4.79 Å². The van der Waals surface area contributed by atoms with Crippen molar-refractivity contribution in [3.8, 4) is 0 Å². The molecule has 2 rings (SSSR count). The van der Waals surface area contributed by atoms with E-state index in [4.69, 9.17) is 40.2 Å². The van der Waals surface area contributed by atoms with Crippen molar-refractivity contribution in [2.45, 2.75) is 31.6 Å². The Kier molecular flexibility index (Phi) is 7.11. The summed E-state index contributed by atoms with van der Waals surface area (Å²) < 4.78 is 5.59. The number of carbonyl (C=O) groups is 1. The number of benzene rings is 1. The smallest absolute Gasteiger partial charge is 0.164 e. The quantitative estimate of drug-likeness (QED) is 0.579. The van der Waals surface area contributed by atoms with Crippen LogP contribution in [0, 0.1) is 5.92 Å². The Morgan fingerprint density at radius 2 is 1.91 bits per heavy atom. The summed E-state index contributed by atoms with van der Waals surface area (Å²) in [7, 11) is 0. The first kappa shape index (κ1) is 18.9. The van der Waals surface area contributed by atoms with Crippen LogP contribution in [0.15, 0.2) is 33.6 Å². The molecule has 0 bridgehead atoms. The van der Waals surface area contributed by atoms with E-state index in [-0.39, 0.29) is 11.7 Å². The number of carbonyl (C=O) groups excluding carboxylic acids is 1. The third kappa shape index (κ3) is 4.80.